The molecular weight excluding hydrogens is 244 g/mol. The molecule has 5 atom stereocenters. The van der Waals surface area contributed by atoms with Crippen molar-refractivity contribution in [2.45, 2.75) is 39.2 Å². The predicted octanol–water partition coefficient (Wildman–Crippen LogP) is 1.27. The van der Waals surface area contributed by atoms with Crippen molar-refractivity contribution in [3.8, 4) is 0 Å². The molecule has 0 radical (unpaired) electrons. The summed E-state index contributed by atoms with van der Waals surface area (Å²) < 4.78 is 5.16. The predicted molar refractivity (Wildman–Crippen MR) is 69.2 cm³/mol. The highest BCUT2D eigenvalue weighted by atomic mass is 16.5. The zero-order valence-electron chi connectivity index (χ0n) is 11.6. The van der Waals surface area contributed by atoms with Crippen LogP contribution in [0.2, 0.25) is 0 Å². The Labute approximate surface area is 113 Å². The van der Waals surface area contributed by atoms with E-state index < -0.39 is 6.10 Å². The van der Waals surface area contributed by atoms with E-state index in [0.29, 0.717) is 24.5 Å². The first-order valence-electron chi connectivity index (χ1n) is 7.13. The number of carbonyl (C=O) groups is 1. The fourth-order valence-electron chi connectivity index (χ4n) is 4.21. The number of aliphatic hydroxyl groups excluding tert-OH is 2. The van der Waals surface area contributed by atoms with Gasteiger partial charge in [0.05, 0.1) is 6.10 Å². The van der Waals surface area contributed by atoms with E-state index in [1.54, 1.807) is 0 Å². The van der Waals surface area contributed by atoms with Crippen LogP contribution in [0.25, 0.3) is 0 Å². The Morgan fingerprint density at radius 3 is 2.84 bits per heavy atom. The number of cyclic esters (lactones) is 1. The number of hydrogen-bond acceptors (Lipinski definition) is 4. The molecule has 0 bridgehead atoms. The minimum absolute atomic E-state index is 0.0929. The number of carbonyl (C=O) groups excluding carboxylic acids is 1. The molecule has 0 unspecified atom stereocenters. The summed E-state index contributed by atoms with van der Waals surface area (Å²) in [6.07, 6.45) is 1.75. The third kappa shape index (κ3) is 1.93. The van der Waals surface area contributed by atoms with Gasteiger partial charge < -0.3 is 14.9 Å². The fraction of sp³-hybridized carbons (Fsp3) is 0.800. The monoisotopic (exact) mass is 266 g/mol. The summed E-state index contributed by atoms with van der Waals surface area (Å²) in [7, 11) is 0. The highest BCUT2D eigenvalue weighted by Crippen LogP contribution is 2.54. The zero-order chi connectivity index (χ0) is 13.8. The summed E-state index contributed by atoms with van der Waals surface area (Å²) in [5.74, 6) is 0.538. The van der Waals surface area contributed by atoms with Gasteiger partial charge in [-0.05, 0) is 41.6 Å². The van der Waals surface area contributed by atoms with E-state index >= 15 is 0 Å². The van der Waals surface area contributed by atoms with Crippen LogP contribution in [0.15, 0.2) is 11.1 Å². The maximum absolute atomic E-state index is 11.8. The molecule has 1 fully saturated rings. The summed E-state index contributed by atoms with van der Waals surface area (Å²) in [6.45, 7) is 4.72. The van der Waals surface area contributed by atoms with Crippen molar-refractivity contribution in [2.75, 3.05) is 13.2 Å². The van der Waals surface area contributed by atoms with Gasteiger partial charge in [-0.1, -0.05) is 13.8 Å². The van der Waals surface area contributed by atoms with Crippen molar-refractivity contribution in [1.29, 1.82) is 0 Å². The van der Waals surface area contributed by atoms with Crippen LogP contribution >= 0.6 is 0 Å². The fourth-order valence-corrected chi connectivity index (χ4v) is 4.21. The van der Waals surface area contributed by atoms with Gasteiger partial charge in [0.2, 0.25) is 0 Å². The number of hydrogen-bond donors (Lipinski definition) is 2. The maximum Gasteiger partial charge on any atom is 0.334 e. The molecule has 0 aromatic carbocycles. The molecule has 3 rings (SSSR count). The van der Waals surface area contributed by atoms with Crippen molar-refractivity contribution in [3.05, 3.63) is 11.1 Å². The number of fused-ring (bicyclic) bond motifs is 2. The summed E-state index contributed by atoms with van der Waals surface area (Å²) in [6, 6.07) is 0. The Morgan fingerprint density at radius 2 is 2.16 bits per heavy atom. The molecule has 106 valence electrons. The second-order valence-corrected chi connectivity index (χ2v) is 6.86. The van der Waals surface area contributed by atoms with Crippen LogP contribution in [0.4, 0.5) is 0 Å². The normalized spacial score (nSPS) is 45.8. The average Bonchev–Trinajstić information content (AvgIpc) is 2.89. The molecule has 0 saturated heterocycles. The molecule has 0 aromatic rings. The third-order valence-electron chi connectivity index (χ3n) is 5.48. The van der Waals surface area contributed by atoms with E-state index in [9.17, 15) is 15.0 Å². The van der Waals surface area contributed by atoms with Crippen LogP contribution in [0, 0.1) is 23.2 Å². The summed E-state index contributed by atoms with van der Waals surface area (Å²) in [5.41, 5.74) is 1.70. The molecule has 3 aliphatic rings. The Hall–Kier alpha value is -0.870. The molecule has 1 saturated carbocycles. The number of esters is 1. The van der Waals surface area contributed by atoms with E-state index in [-0.39, 0.29) is 29.8 Å². The van der Waals surface area contributed by atoms with E-state index in [4.69, 9.17) is 4.74 Å². The highest BCUT2D eigenvalue weighted by Gasteiger charge is 2.50. The lowest BCUT2D eigenvalue weighted by atomic mass is 9.80. The van der Waals surface area contributed by atoms with Crippen molar-refractivity contribution in [1.82, 2.24) is 0 Å². The lowest BCUT2D eigenvalue weighted by molar-refractivity contribution is -0.136. The summed E-state index contributed by atoms with van der Waals surface area (Å²) >= 11 is 0. The Bertz CT molecular complexity index is 441. The molecule has 0 amide bonds. The number of aliphatic hydroxyl groups is 2. The Balaban J connectivity index is 2.00. The van der Waals surface area contributed by atoms with Gasteiger partial charge in [0.15, 0.2) is 0 Å². The molecule has 2 N–H and O–H groups in total. The Kier molecular flexibility index (Phi) is 2.98. The smallest absolute Gasteiger partial charge is 0.334 e. The van der Waals surface area contributed by atoms with E-state index in [1.165, 1.54) is 0 Å². The standard InChI is InChI=1S/C15H22O4/c1-8-10-4-15(2,7-16)5-11(10)12-6-19-14(18)9(12)3-13(8)17/h8,10-11,13,16-17H,3-7H2,1-2H3/t8-,10-,11-,13-,15+/m1/s1. The molecular formula is C15H22O4. The van der Waals surface area contributed by atoms with Crippen LogP contribution in [0.5, 0.6) is 0 Å². The van der Waals surface area contributed by atoms with E-state index in [2.05, 4.69) is 13.8 Å². The van der Waals surface area contributed by atoms with Crippen molar-refractivity contribution in [2.24, 2.45) is 23.2 Å². The first kappa shape index (κ1) is 13.1. The second kappa shape index (κ2) is 4.32. The second-order valence-electron chi connectivity index (χ2n) is 6.86. The molecule has 0 aromatic heterocycles. The van der Waals surface area contributed by atoms with E-state index in [0.717, 1.165) is 18.4 Å². The molecule has 1 heterocycles. The van der Waals surface area contributed by atoms with Crippen molar-refractivity contribution < 1.29 is 19.7 Å². The lowest BCUT2D eigenvalue weighted by Crippen LogP contribution is -2.27. The van der Waals surface area contributed by atoms with Gasteiger partial charge in [0.1, 0.15) is 6.61 Å². The Morgan fingerprint density at radius 1 is 1.42 bits per heavy atom. The maximum atomic E-state index is 11.8. The minimum atomic E-state index is -0.480. The van der Waals surface area contributed by atoms with Crippen molar-refractivity contribution in [3.63, 3.8) is 0 Å². The molecule has 0 spiro atoms. The van der Waals surface area contributed by atoms with Gasteiger partial charge in [-0.25, -0.2) is 4.79 Å². The van der Waals surface area contributed by atoms with Crippen molar-refractivity contribution >= 4 is 5.97 Å². The first-order chi connectivity index (χ1) is 8.95. The van der Waals surface area contributed by atoms with Crippen LogP contribution in [-0.2, 0) is 9.53 Å². The molecule has 1 aliphatic heterocycles. The highest BCUT2D eigenvalue weighted by molar-refractivity contribution is 5.92. The van der Waals surface area contributed by atoms with Gasteiger partial charge in [-0.2, -0.15) is 0 Å². The molecule has 2 aliphatic carbocycles. The van der Waals surface area contributed by atoms with Gasteiger partial charge in [-0.3, -0.25) is 0 Å². The van der Waals surface area contributed by atoms with Gasteiger partial charge in [0.25, 0.3) is 0 Å². The minimum Gasteiger partial charge on any atom is -0.458 e. The SMILES string of the molecule is C[C@@H]1[C@H]2C[C@](C)(CO)C[C@H]2C2=C(C[C@H]1O)C(=O)OC2. The van der Waals surface area contributed by atoms with Crippen LogP contribution in [0.3, 0.4) is 0 Å². The number of ether oxygens (including phenoxy) is 1. The average molecular weight is 266 g/mol. The molecule has 4 heteroatoms. The third-order valence-corrected chi connectivity index (χ3v) is 5.48. The topological polar surface area (TPSA) is 66.8 Å². The zero-order valence-corrected chi connectivity index (χ0v) is 11.6. The van der Waals surface area contributed by atoms with Crippen LogP contribution in [-0.4, -0.2) is 35.5 Å². The largest absolute Gasteiger partial charge is 0.458 e. The quantitative estimate of drug-likeness (QED) is 0.701. The van der Waals surface area contributed by atoms with Crippen LogP contribution in [0.1, 0.15) is 33.1 Å². The van der Waals surface area contributed by atoms with Gasteiger partial charge >= 0.3 is 5.97 Å². The summed E-state index contributed by atoms with van der Waals surface area (Å²) in [4.78, 5) is 11.8. The number of rotatable bonds is 1. The van der Waals surface area contributed by atoms with Gasteiger partial charge in [-0.15, -0.1) is 0 Å². The van der Waals surface area contributed by atoms with E-state index in [1.807, 2.05) is 0 Å². The first-order valence-corrected chi connectivity index (χ1v) is 7.13. The lowest BCUT2D eigenvalue weighted by Gasteiger charge is -2.27. The molecule has 4 nitrogen and oxygen atoms in total. The van der Waals surface area contributed by atoms with Crippen LogP contribution < -0.4 is 0 Å². The van der Waals surface area contributed by atoms with Gasteiger partial charge in [0, 0.05) is 18.6 Å². The molecule has 19 heavy (non-hydrogen) atoms. The summed E-state index contributed by atoms with van der Waals surface area (Å²) in [5, 5.41) is 19.9.